The molecule has 3 atom stereocenters. The van der Waals surface area contributed by atoms with E-state index in [4.69, 9.17) is 0 Å². The molecule has 0 bridgehead atoms. The average molecular weight is 817 g/mol. The fraction of sp³-hybridized carbons (Fsp3) is 0.625. The van der Waals surface area contributed by atoms with Gasteiger partial charge in [0, 0.05) is 100 Å². The van der Waals surface area contributed by atoms with Gasteiger partial charge in [0.25, 0.3) is 6.43 Å². The van der Waals surface area contributed by atoms with Gasteiger partial charge < -0.3 is 14.7 Å². The fourth-order valence-electron chi connectivity index (χ4n) is 7.78. The molecule has 0 aromatic heterocycles. The molecule has 3 heterocycles. The first-order valence-corrected chi connectivity index (χ1v) is 22.2. The van der Waals surface area contributed by atoms with Gasteiger partial charge in [0.05, 0.1) is 6.04 Å². The van der Waals surface area contributed by atoms with E-state index in [1.807, 2.05) is 70.4 Å². The minimum atomic E-state index is -2.35. The Morgan fingerprint density at radius 2 is 0.879 bits per heavy atom. The van der Waals surface area contributed by atoms with Crippen LogP contribution in [0.5, 0.6) is 0 Å². The van der Waals surface area contributed by atoms with Crippen molar-refractivity contribution in [1.82, 2.24) is 14.7 Å². The zero-order valence-corrected chi connectivity index (χ0v) is 38.4. The van der Waals surface area contributed by atoms with Crippen molar-refractivity contribution in [3.8, 4) is 0 Å². The Morgan fingerprint density at radius 1 is 0.517 bits per heavy atom. The van der Waals surface area contributed by atoms with Crippen LogP contribution in [0.15, 0.2) is 78.9 Å². The van der Waals surface area contributed by atoms with Crippen molar-refractivity contribution in [1.29, 1.82) is 0 Å². The highest BCUT2D eigenvalue weighted by Gasteiger charge is 2.33. The largest absolute Gasteiger partial charge is 0.369 e. The third-order valence-electron chi connectivity index (χ3n) is 10.5. The van der Waals surface area contributed by atoms with Crippen LogP contribution >= 0.6 is 0 Å². The third-order valence-corrected chi connectivity index (χ3v) is 10.5. The minimum Gasteiger partial charge on any atom is -0.369 e. The van der Waals surface area contributed by atoms with Gasteiger partial charge in [0.15, 0.2) is 0 Å². The molecule has 10 heteroatoms. The monoisotopic (exact) mass is 817 g/mol. The molecule has 3 saturated heterocycles. The third kappa shape index (κ3) is 17.1. The molecule has 3 fully saturated rings. The highest BCUT2D eigenvalue weighted by molar-refractivity contribution is 5.48. The SMILES string of the molecule is CC.CC.CC.CC(C)N1CCN(c2ccc(F)cc2)C[C@@H]1C.CC(C)N1CCN(c2ccccc2)CC1C.CCCN1CCN(c2ccc(F)cc2)CC1C(F)F. The van der Waals surface area contributed by atoms with Gasteiger partial charge in [-0.1, -0.05) is 66.7 Å². The molecule has 0 N–H and O–H groups in total. The van der Waals surface area contributed by atoms with Crippen LogP contribution in [-0.2, 0) is 0 Å². The lowest BCUT2D eigenvalue weighted by molar-refractivity contribution is 0.0192. The first kappa shape index (κ1) is 52.7. The number of hydrogen-bond acceptors (Lipinski definition) is 6. The van der Waals surface area contributed by atoms with Crippen molar-refractivity contribution in [3.63, 3.8) is 0 Å². The highest BCUT2D eigenvalue weighted by atomic mass is 19.3. The predicted molar refractivity (Wildman–Crippen MR) is 244 cm³/mol. The van der Waals surface area contributed by atoms with Gasteiger partial charge in [-0.3, -0.25) is 14.7 Å². The second-order valence-electron chi connectivity index (χ2n) is 14.9. The maximum atomic E-state index is 13.1. The maximum absolute atomic E-state index is 13.1. The summed E-state index contributed by atoms with van der Waals surface area (Å²) in [5.41, 5.74) is 3.29. The number of rotatable bonds is 8. The Morgan fingerprint density at radius 3 is 1.22 bits per heavy atom. The van der Waals surface area contributed by atoms with Crippen LogP contribution in [0.1, 0.15) is 96.4 Å². The van der Waals surface area contributed by atoms with Gasteiger partial charge in [0.2, 0.25) is 0 Å². The van der Waals surface area contributed by atoms with Gasteiger partial charge in [-0.2, -0.15) is 0 Å². The Kier molecular flexibility index (Phi) is 26.3. The molecule has 0 saturated carbocycles. The highest BCUT2D eigenvalue weighted by Crippen LogP contribution is 2.24. The molecule has 3 aromatic carbocycles. The van der Waals surface area contributed by atoms with Gasteiger partial charge in [-0.25, -0.2) is 17.6 Å². The smallest absolute Gasteiger partial charge is 0.255 e. The number of para-hydroxylation sites is 1. The number of benzene rings is 3. The summed E-state index contributed by atoms with van der Waals surface area (Å²) in [6.07, 6.45) is -1.48. The molecule has 330 valence electrons. The van der Waals surface area contributed by atoms with Crippen LogP contribution in [0.2, 0.25) is 0 Å². The molecule has 3 aliphatic rings. The van der Waals surface area contributed by atoms with E-state index < -0.39 is 12.5 Å². The van der Waals surface area contributed by atoms with E-state index in [-0.39, 0.29) is 11.6 Å². The van der Waals surface area contributed by atoms with Gasteiger partial charge >= 0.3 is 0 Å². The summed E-state index contributed by atoms with van der Waals surface area (Å²) in [7, 11) is 0. The summed E-state index contributed by atoms with van der Waals surface area (Å²) < 4.78 is 52.0. The summed E-state index contributed by atoms with van der Waals surface area (Å²) in [6, 6.07) is 25.3. The molecule has 0 amide bonds. The number of nitrogens with zero attached hydrogens (tertiary/aromatic N) is 6. The molecular formula is C48H80F4N6. The van der Waals surface area contributed by atoms with Gasteiger partial charge in [-0.05, 0) is 115 Å². The lowest BCUT2D eigenvalue weighted by Crippen LogP contribution is -2.56. The van der Waals surface area contributed by atoms with Crippen LogP contribution in [0.25, 0.3) is 0 Å². The molecule has 3 aliphatic heterocycles. The quantitative estimate of drug-likeness (QED) is 0.210. The Labute approximate surface area is 352 Å². The number of piperazine rings is 3. The molecule has 58 heavy (non-hydrogen) atoms. The van der Waals surface area contributed by atoms with E-state index in [1.54, 1.807) is 12.1 Å². The molecule has 2 unspecified atom stereocenters. The van der Waals surface area contributed by atoms with E-state index in [0.717, 1.165) is 50.5 Å². The average Bonchev–Trinajstić information content (AvgIpc) is 3.24. The van der Waals surface area contributed by atoms with Crippen LogP contribution < -0.4 is 14.7 Å². The molecule has 0 spiro atoms. The first-order chi connectivity index (χ1) is 27.9. The van der Waals surface area contributed by atoms with Gasteiger partial charge in [0.1, 0.15) is 11.6 Å². The van der Waals surface area contributed by atoms with Crippen LogP contribution in [-0.4, -0.2) is 117 Å². The minimum absolute atomic E-state index is 0.164. The lowest BCUT2D eigenvalue weighted by Gasteiger charge is -2.43. The molecule has 0 aliphatic carbocycles. The Balaban J connectivity index is 0.000000409. The van der Waals surface area contributed by atoms with Crippen molar-refractivity contribution in [2.45, 2.75) is 133 Å². The zero-order valence-electron chi connectivity index (χ0n) is 38.4. The van der Waals surface area contributed by atoms with Crippen molar-refractivity contribution < 1.29 is 17.6 Å². The molecule has 0 radical (unpaired) electrons. The molecule has 3 aromatic rings. The summed E-state index contributed by atoms with van der Waals surface area (Å²) >= 11 is 0. The number of alkyl halides is 2. The summed E-state index contributed by atoms with van der Waals surface area (Å²) in [4.78, 5) is 13.7. The second kappa shape index (κ2) is 29.0. The zero-order chi connectivity index (χ0) is 43.8. The fourth-order valence-corrected chi connectivity index (χ4v) is 7.78. The first-order valence-electron chi connectivity index (χ1n) is 22.2. The summed E-state index contributed by atoms with van der Waals surface area (Å²) in [6.45, 7) is 36.5. The van der Waals surface area contributed by atoms with Crippen molar-refractivity contribution in [2.75, 3.05) is 80.1 Å². The van der Waals surface area contributed by atoms with E-state index in [0.29, 0.717) is 50.3 Å². The van der Waals surface area contributed by atoms with Gasteiger partial charge in [-0.15, -0.1) is 0 Å². The van der Waals surface area contributed by atoms with Crippen LogP contribution in [0, 0.1) is 11.6 Å². The van der Waals surface area contributed by atoms with E-state index >= 15 is 0 Å². The number of anilines is 3. The number of hydrogen-bond donors (Lipinski definition) is 0. The van der Waals surface area contributed by atoms with Crippen molar-refractivity contribution in [2.24, 2.45) is 0 Å². The Hall–Kier alpha value is -3.34. The van der Waals surface area contributed by atoms with E-state index in [9.17, 15) is 17.6 Å². The normalized spacial score (nSPS) is 20.0. The van der Waals surface area contributed by atoms with Crippen LogP contribution in [0.3, 0.4) is 0 Å². The summed E-state index contributed by atoms with van der Waals surface area (Å²) in [5, 5.41) is 0. The lowest BCUT2D eigenvalue weighted by atomic mass is 10.1. The van der Waals surface area contributed by atoms with E-state index in [2.05, 4.69) is 91.5 Å². The topological polar surface area (TPSA) is 19.4 Å². The second-order valence-corrected chi connectivity index (χ2v) is 14.9. The van der Waals surface area contributed by atoms with Crippen molar-refractivity contribution in [3.05, 3.63) is 90.5 Å². The van der Waals surface area contributed by atoms with Crippen LogP contribution in [0.4, 0.5) is 34.6 Å². The molecule has 6 rings (SSSR count). The molecular weight excluding hydrogens is 737 g/mol. The Bertz CT molecular complexity index is 1430. The number of halogens is 4. The maximum Gasteiger partial charge on any atom is 0.255 e. The van der Waals surface area contributed by atoms with E-state index in [1.165, 1.54) is 36.5 Å². The summed E-state index contributed by atoms with van der Waals surface area (Å²) in [5.74, 6) is -0.471. The van der Waals surface area contributed by atoms with Crippen molar-refractivity contribution >= 4 is 17.1 Å². The predicted octanol–water partition coefficient (Wildman–Crippen LogP) is 11.4. The standard InChI is InChI=1S/C14H19F3N2.C14H21FN2.C14H22N2.3C2H6/c1-2-7-18-8-9-19(10-13(18)14(16)17)12-5-3-11(15)4-6-12;1-11(2)17-9-8-16(10-12(17)3)14-6-4-13(15)5-7-14;1-12(2)16-10-9-15(11-13(16)3)14-7-5-4-6-8-14;3*1-2/h3-6,13-14H,2,7-10H2,1H3;4-7,11-12H,8-10H2,1-3H3;4-8,12-13H,9-11H2,1-3H3;3*1-2H3/t;12-;;;;/m.0..../s1. The molecule has 6 nitrogen and oxygen atoms in total.